The average Bonchev–Trinajstić information content (AvgIpc) is 2.76. The van der Waals surface area contributed by atoms with E-state index in [1.54, 1.807) is 0 Å². The lowest BCUT2D eigenvalue weighted by atomic mass is 10.1. The summed E-state index contributed by atoms with van der Waals surface area (Å²) in [5.41, 5.74) is 1.29. The third-order valence-electron chi connectivity index (χ3n) is 2.44. The van der Waals surface area contributed by atoms with Crippen LogP contribution in [0, 0.1) is 0 Å². The minimum atomic E-state index is -3.27. The Bertz CT molecular complexity index is 623. The van der Waals surface area contributed by atoms with Gasteiger partial charge >= 0.3 is 0 Å². The van der Waals surface area contributed by atoms with Gasteiger partial charge in [0.05, 0.1) is 6.26 Å². The highest BCUT2D eigenvalue weighted by molar-refractivity contribution is 7.92. The Morgan fingerprint density at radius 3 is 2.58 bits per heavy atom. The molecule has 0 fully saturated rings. The van der Waals surface area contributed by atoms with Crippen molar-refractivity contribution in [2.75, 3.05) is 11.0 Å². The highest BCUT2D eigenvalue weighted by Crippen LogP contribution is 2.18. The van der Waals surface area contributed by atoms with Gasteiger partial charge in [-0.05, 0) is 18.4 Å². The summed E-state index contributed by atoms with van der Waals surface area (Å²) in [7, 11) is -3.27. The van der Waals surface area contributed by atoms with E-state index in [9.17, 15) is 8.42 Å². The van der Waals surface area contributed by atoms with Crippen LogP contribution in [0.2, 0.25) is 0 Å². The van der Waals surface area contributed by atoms with Gasteiger partial charge in [-0.15, -0.1) is 10.2 Å². The lowest BCUT2D eigenvalue weighted by Gasteiger charge is -1.98. The third-order valence-corrected chi connectivity index (χ3v) is 4.03. The minimum Gasteiger partial charge on any atom is -0.257 e. The molecule has 2 rings (SSSR count). The minimum absolute atomic E-state index is 0.331. The summed E-state index contributed by atoms with van der Waals surface area (Å²) in [4.78, 5) is 0. The first-order valence-corrected chi connectivity index (χ1v) is 8.58. The Morgan fingerprint density at radius 1 is 1.16 bits per heavy atom. The summed E-state index contributed by atoms with van der Waals surface area (Å²) >= 11 is 1.28. The molecule has 0 saturated heterocycles. The molecule has 7 heteroatoms. The van der Waals surface area contributed by atoms with Gasteiger partial charge in [-0.2, -0.15) is 0 Å². The molecule has 0 aliphatic carbocycles. The summed E-state index contributed by atoms with van der Waals surface area (Å²) < 4.78 is 24.4. The summed E-state index contributed by atoms with van der Waals surface area (Å²) in [5, 5.41) is 8.96. The van der Waals surface area contributed by atoms with Gasteiger partial charge in [0.25, 0.3) is 0 Å². The number of aromatic nitrogens is 2. The molecule has 5 nitrogen and oxygen atoms in total. The van der Waals surface area contributed by atoms with Crippen LogP contribution in [-0.2, 0) is 22.9 Å². The van der Waals surface area contributed by atoms with Crippen LogP contribution in [0.4, 0.5) is 5.13 Å². The molecule has 0 saturated carbocycles. The molecule has 0 amide bonds. The fraction of sp³-hybridized carbons (Fsp3) is 0.333. The molecule has 0 aliphatic heterocycles. The number of nitrogens with one attached hydrogen (secondary N) is 1. The van der Waals surface area contributed by atoms with Crippen molar-refractivity contribution in [3.63, 3.8) is 0 Å². The molecular formula is C12H15N3O2S2. The molecule has 1 heterocycles. The second kappa shape index (κ2) is 6.12. The van der Waals surface area contributed by atoms with E-state index >= 15 is 0 Å². The fourth-order valence-electron chi connectivity index (χ4n) is 1.64. The van der Waals surface area contributed by atoms with Gasteiger partial charge in [-0.3, -0.25) is 4.72 Å². The number of hydrogen-bond donors (Lipinski definition) is 1. The summed E-state index contributed by atoms with van der Waals surface area (Å²) in [6, 6.07) is 10.2. The molecule has 0 aliphatic rings. The molecule has 0 unspecified atom stereocenters. The van der Waals surface area contributed by atoms with Gasteiger partial charge in [-0.1, -0.05) is 41.7 Å². The SMILES string of the molecule is CS(=O)(=O)Nc1nnc(CCCc2ccccc2)s1. The zero-order valence-electron chi connectivity index (χ0n) is 10.5. The van der Waals surface area contributed by atoms with E-state index < -0.39 is 10.0 Å². The quantitative estimate of drug-likeness (QED) is 0.886. The van der Waals surface area contributed by atoms with Gasteiger partial charge in [0.2, 0.25) is 15.2 Å². The van der Waals surface area contributed by atoms with E-state index in [2.05, 4.69) is 27.1 Å². The van der Waals surface area contributed by atoms with Gasteiger partial charge in [0, 0.05) is 6.42 Å². The van der Waals surface area contributed by atoms with Crippen LogP contribution in [0.3, 0.4) is 0 Å². The standard InChI is InChI=1S/C12H15N3O2S2/c1-19(16,17)15-12-14-13-11(18-12)9-5-8-10-6-3-2-4-7-10/h2-4,6-7H,5,8-9H2,1H3,(H,14,15). The summed E-state index contributed by atoms with van der Waals surface area (Å²) in [6.07, 6.45) is 3.86. The van der Waals surface area contributed by atoms with E-state index in [1.165, 1.54) is 16.9 Å². The van der Waals surface area contributed by atoms with Crippen molar-refractivity contribution in [2.45, 2.75) is 19.3 Å². The zero-order valence-corrected chi connectivity index (χ0v) is 12.2. The van der Waals surface area contributed by atoms with Crippen LogP contribution in [0.15, 0.2) is 30.3 Å². The smallest absolute Gasteiger partial charge is 0.231 e. The van der Waals surface area contributed by atoms with Crippen molar-refractivity contribution in [3.8, 4) is 0 Å². The molecule has 2 aromatic rings. The van der Waals surface area contributed by atoms with E-state index in [0.717, 1.165) is 30.5 Å². The summed E-state index contributed by atoms with van der Waals surface area (Å²) in [6.45, 7) is 0. The van der Waals surface area contributed by atoms with E-state index in [0.29, 0.717) is 5.13 Å². The van der Waals surface area contributed by atoms with Crippen molar-refractivity contribution in [1.82, 2.24) is 10.2 Å². The molecule has 0 bridgehead atoms. The number of aryl methyl sites for hydroxylation is 2. The van der Waals surface area contributed by atoms with Crippen LogP contribution in [0.25, 0.3) is 0 Å². The number of benzene rings is 1. The van der Waals surface area contributed by atoms with E-state index in [-0.39, 0.29) is 0 Å². The predicted octanol–water partition coefficient (Wildman–Crippen LogP) is 2.08. The van der Waals surface area contributed by atoms with E-state index in [4.69, 9.17) is 0 Å². The maximum Gasteiger partial charge on any atom is 0.231 e. The number of anilines is 1. The van der Waals surface area contributed by atoms with Crippen molar-refractivity contribution in [1.29, 1.82) is 0 Å². The van der Waals surface area contributed by atoms with Crippen molar-refractivity contribution in [3.05, 3.63) is 40.9 Å². The first-order chi connectivity index (χ1) is 9.03. The third kappa shape index (κ3) is 4.96. The first-order valence-electron chi connectivity index (χ1n) is 5.87. The average molecular weight is 297 g/mol. The molecule has 102 valence electrons. The van der Waals surface area contributed by atoms with Crippen LogP contribution in [0.5, 0.6) is 0 Å². The molecular weight excluding hydrogens is 282 g/mol. The lowest BCUT2D eigenvalue weighted by Crippen LogP contribution is -2.08. The Hall–Kier alpha value is -1.47. The van der Waals surface area contributed by atoms with Gasteiger partial charge in [-0.25, -0.2) is 8.42 Å². The van der Waals surface area contributed by atoms with E-state index in [1.807, 2.05) is 18.2 Å². The van der Waals surface area contributed by atoms with Crippen molar-refractivity contribution < 1.29 is 8.42 Å². The Balaban J connectivity index is 1.84. The Kier molecular flexibility index (Phi) is 4.49. The van der Waals surface area contributed by atoms with Crippen LogP contribution >= 0.6 is 11.3 Å². The number of sulfonamides is 1. The highest BCUT2D eigenvalue weighted by Gasteiger charge is 2.08. The summed E-state index contributed by atoms with van der Waals surface area (Å²) in [5.74, 6) is 0. The molecule has 1 N–H and O–H groups in total. The number of hydrogen-bond acceptors (Lipinski definition) is 5. The molecule has 0 atom stereocenters. The lowest BCUT2D eigenvalue weighted by molar-refractivity contribution is 0.606. The monoisotopic (exact) mass is 297 g/mol. The van der Waals surface area contributed by atoms with Crippen LogP contribution in [0.1, 0.15) is 17.0 Å². The maximum absolute atomic E-state index is 11.0. The molecule has 0 spiro atoms. The molecule has 1 aromatic heterocycles. The van der Waals surface area contributed by atoms with Crippen molar-refractivity contribution >= 4 is 26.5 Å². The number of rotatable bonds is 6. The van der Waals surface area contributed by atoms with Gasteiger partial charge in [0.1, 0.15) is 5.01 Å². The molecule has 19 heavy (non-hydrogen) atoms. The normalized spacial score (nSPS) is 11.4. The predicted molar refractivity (Wildman–Crippen MR) is 76.8 cm³/mol. The Labute approximate surface area is 116 Å². The highest BCUT2D eigenvalue weighted by atomic mass is 32.2. The maximum atomic E-state index is 11.0. The van der Waals surface area contributed by atoms with Crippen LogP contribution < -0.4 is 4.72 Å². The number of nitrogens with zero attached hydrogens (tertiary/aromatic N) is 2. The van der Waals surface area contributed by atoms with Gasteiger partial charge < -0.3 is 0 Å². The first kappa shape index (κ1) is 14.0. The van der Waals surface area contributed by atoms with Crippen molar-refractivity contribution in [2.24, 2.45) is 0 Å². The molecule has 0 radical (unpaired) electrons. The van der Waals surface area contributed by atoms with Crippen LogP contribution in [-0.4, -0.2) is 24.9 Å². The second-order valence-electron chi connectivity index (χ2n) is 4.21. The Morgan fingerprint density at radius 2 is 1.89 bits per heavy atom. The topological polar surface area (TPSA) is 72.0 Å². The second-order valence-corrected chi connectivity index (χ2v) is 7.02. The zero-order chi connectivity index (χ0) is 13.7. The largest absolute Gasteiger partial charge is 0.257 e. The fourth-order valence-corrected chi connectivity index (χ4v) is 3.25. The molecule has 1 aromatic carbocycles. The van der Waals surface area contributed by atoms with Gasteiger partial charge in [0.15, 0.2) is 0 Å².